The Balaban J connectivity index is 1.38. The zero-order valence-electron chi connectivity index (χ0n) is 17.4. The summed E-state index contributed by atoms with van der Waals surface area (Å²) in [6, 6.07) is 5.70. The lowest BCUT2D eigenvalue weighted by Crippen LogP contribution is -2.54. The normalized spacial score (nSPS) is 27.8. The van der Waals surface area contributed by atoms with Gasteiger partial charge in [0, 0.05) is 19.6 Å². The van der Waals surface area contributed by atoms with Gasteiger partial charge >= 0.3 is 6.03 Å². The number of carbonyl (C=O) groups is 3. The van der Waals surface area contributed by atoms with Crippen LogP contribution >= 0.6 is 0 Å². The molecule has 2 fully saturated rings. The summed E-state index contributed by atoms with van der Waals surface area (Å²) in [6.07, 6.45) is 2.26. The second-order valence-electron chi connectivity index (χ2n) is 9.74. The first-order valence-electron chi connectivity index (χ1n) is 10.4. The molecule has 4 rings (SSSR count). The molecule has 0 aromatic heterocycles. The minimum Gasteiger partial charge on any atom is -0.350 e. The molecule has 156 valence electrons. The smallest absolute Gasteiger partial charge is 0.325 e. The number of fused-ring (bicyclic) bond motifs is 1. The lowest BCUT2D eigenvalue weighted by molar-refractivity contribution is -0.137. The van der Waals surface area contributed by atoms with Crippen molar-refractivity contribution in [1.29, 1.82) is 0 Å². The van der Waals surface area contributed by atoms with Crippen molar-refractivity contribution in [2.75, 3.05) is 6.54 Å². The van der Waals surface area contributed by atoms with Crippen LogP contribution in [0.3, 0.4) is 0 Å². The van der Waals surface area contributed by atoms with E-state index in [0.717, 1.165) is 30.0 Å². The van der Waals surface area contributed by atoms with Crippen LogP contribution in [-0.2, 0) is 29.2 Å². The maximum atomic E-state index is 13.1. The maximum absolute atomic E-state index is 13.1. The molecule has 0 bridgehead atoms. The Morgan fingerprint density at radius 3 is 2.72 bits per heavy atom. The van der Waals surface area contributed by atoms with Gasteiger partial charge in [0.25, 0.3) is 5.91 Å². The summed E-state index contributed by atoms with van der Waals surface area (Å²) < 4.78 is 0. The zero-order valence-corrected chi connectivity index (χ0v) is 17.4. The van der Waals surface area contributed by atoms with Gasteiger partial charge in [0.1, 0.15) is 12.1 Å². The molecule has 2 aliphatic heterocycles. The van der Waals surface area contributed by atoms with Crippen molar-refractivity contribution in [2.24, 2.45) is 11.3 Å². The summed E-state index contributed by atoms with van der Waals surface area (Å²) >= 11 is 0. The Labute approximate surface area is 171 Å². The van der Waals surface area contributed by atoms with Crippen LogP contribution in [0.2, 0.25) is 0 Å². The Kier molecular flexibility index (Phi) is 4.89. The highest BCUT2D eigenvalue weighted by atomic mass is 16.2. The molecular weight excluding hydrogens is 368 g/mol. The first kappa shape index (κ1) is 19.9. The fourth-order valence-corrected chi connectivity index (χ4v) is 5.51. The average Bonchev–Trinajstić information content (AvgIpc) is 3.16. The van der Waals surface area contributed by atoms with Crippen molar-refractivity contribution in [3.8, 4) is 0 Å². The van der Waals surface area contributed by atoms with E-state index in [1.165, 1.54) is 11.1 Å². The topological polar surface area (TPSA) is 90.5 Å². The molecule has 1 aromatic carbocycles. The molecule has 7 nitrogen and oxygen atoms in total. The van der Waals surface area contributed by atoms with E-state index in [1.54, 1.807) is 0 Å². The molecule has 1 aliphatic carbocycles. The van der Waals surface area contributed by atoms with Gasteiger partial charge in [-0.05, 0) is 47.3 Å². The molecule has 1 spiro atoms. The van der Waals surface area contributed by atoms with Gasteiger partial charge in [-0.1, -0.05) is 39.0 Å². The molecule has 29 heavy (non-hydrogen) atoms. The number of amides is 4. The number of benzene rings is 1. The van der Waals surface area contributed by atoms with Gasteiger partial charge in [-0.15, -0.1) is 0 Å². The number of nitrogens with zero attached hydrogens (tertiary/aromatic N) is 1. The van der Waals surface area contributed by atoms with Gasteiger partial charge in [-0.3, -0.25) is 14.5 Å². The summed E-state index contributed by atoms with van der Waals surface area (Å²) in [5, 5.41) is 9.05. The van der Waals surface area contributed by atoms with Crippen LogP contribution in [0.5, 0.6) is 0 Å². The molecule has 2 atom stereocenters. The van der Waals surface area contributed by atoms with Crippen LogP contribution in [0.1, 0.15) is 56.7 Å². The third kappa shape index (κ3) is 3.88. The van der Waals surface area contributed by atoms with E-state index in [2.05, 4.69) is 48.9 Å². The number of carbonyl (C=O) groups excluding carboxylic acids is 3. The Hall–Kier alpha value is -2.41. The summed E-state index contributed by atoms with van der Waals surface area (Å²) in [7, 11) is 0. The number of urea groups is 1. The van der Waals surface area contributed by atoms with Crippen molar-refractivity contribution < 1.29 is 14.4 Å². The third-order valence-corrected chi connectivity index (χ3v) is 6.32. The Morgan fingerprint density at radius 2 is 1.97 bits per heavy atom. The second-order valence-corrected chi connectivity index (χ2v) is 9.74. The Morgan fingerprint density at radius 1 is 1.21 bits per heavy atom. The van der Waals surface area contributed by atoms with Gasteiger partial charge < -0.3 is 16.0 Å². The van der Waals surface area contributed by atoms with Crippen LogP contribution in [0.4, 0.5) is 4.79 Å². The fraction of sp³-hybridized carbons (Fsp3) is 0.591. The number of nitrogens with one attached hydrogen (secondary N) is 3. The van der Waals surface area contributed by atoms with Crippen molar-refractivity contribution in [1.82, 2.24) is 20.9 Å². The molecule has 1 saturated carbocycles. The molecule has 2 heterocycles. The number of hydrogen-bond donors (Lipinski definition) is 3. The van der Waals surface area contributed by atoms with E-state index in [9.17, 15) is 14.4 Å². The van der Waals surface area contributed by atoms with Crippen molar-refractivity contribution >= 4 is 17.8 Å². The van der Waals surface area contributed by atoms with Gasteiger partial charge in [0.2, 0.25) is 5.91 Å². The summed E-state index contributed by atoms with van der Waals surface area (Å²) in [4.78, 5) is 39.2. The molecule has 2 unspecified atom stereocenters. The SMILES string of the molecule is CC1CC(C)(C)CC2(C1)NC(=O)N(CC(=O)NCc1ccc3c(c1)CNC3)C2=O. The van der Waals surface area contributed by atoms with Crippen LogP contribution < -0.4 is 16.0 Å². The summed E-state index contributed by atoms with van der Waals surface area (Å²) in [5.41, 5.74) is 2.65. The van der Waals surface area contributed by atoms with Crippen LogP contribution in [0.15, 0.2) is 18.2 Å². The molecule has 3 aliphatic rings. The van der Waals surface area contributed by atoms with Gasteiger partial charge in [-0.25, -0.2) is 4.79 Å². The number of hydrogen-bond acceptors (Lipinski definition) is 4. The minimum absolute atomic E-state index is 0.0265. The standard InChI is InChI=1S/C22H30N4O3/c1-14-7-21(2,3)13-22(8-14)19(28)26(20(29)25-22)12-18(27)24-9-15-4-5-16-10-23-11-17(16)6-15/h4-6,14,23H,7-13H2,1-3H3,(H,24,27)(H,25,29). The molecular formula is C22H30N4O3. The molecule has 4 amide bonds. The summed E-state index contributed by atoms with van der Waals surface area (Å²) in [6.45, 7) is 8.24. The highest BCUT2D eigenvalue weighted by Crippen LogP contribution is 2.46. The van der Waals surface area contributed by atoms with Crippen molar-refractivity contribution in [3.05, 3.63) is 34.9 Å². The molecule has 7 heteroatoms. The van der Waals surface area contributed by atoms with E-state index >= 15 is 0 Å². The highest BCUT2D eigenvalue weighted by Gasteiger charge is 2.56. The van der Waals surface area contributed by atoms with Gasteiger partial charge in [0.05, 0.1) is 0 Å². The van der Waals surface area contributed by atoms with Crippen LogP contribution in [0.25, 0.3) is 0 Å². The minimum atomic E-state index is -0.870. The highest BCUT2D eigenvalue weighted by molar-refractivity contribution is 6.09. The van der Waals surface area contributed by atoms with Crippen molar-refractivity contribution in [3.63, 3.8) is 0 Å². The first-order chi connectivity index (χ1) is 13.7. The van der Waals surface area contributed by atoms with Crippen LogP contribution in [0, 0.1) is 11.3 Å². The van der Waals surface area contributed by atoms with Crippen LogP contribution in [-0.4, -0.2) is 34.8 Å². The Bertz CT molecular complexity index is 866. The molecule has 1 saturated heterocycles. The fourth-order valence-electron chi connectivity index (χ4n) is 5.51. The number of imide groups is 1. The van der Waals surface area contributed by atoms with Crippen molar-refractivity contribution in [2.45, 2.75) is 65.2 Å². The van der Waals surface area contributed by atoms with E-state index in [4.69, 9.17) is 0 Å². The van der Waals surface area contributed by atoms with E-state index < -0.39 is 11.6 Å². The lowest BCUT2D eigenvalue weighted by atomic mass is 9.64. The monoisotopic (exact) mass is 398 g/mol. The molecule has 3 N–H and O–H groups in total. The predicted octanol–water partition coefficient (Wildman–Crippen LogP) is 2.04. The summed E-state index contributed by atoms with van der Waals surface area (Å²) in [5.74, 6) is -0.251. The van der Waals surface area contributed by atoms with E-state index in [-0.39, 0.29) is 23.8 Å². The second kappa shape index (κ2) is 7.13. The quantitative estimate of drug-likeness (QED) is 0.677. The third-order valence-electron chi connectivity index (χ3n) is 6.32. The largest absolute Gasteiger partial charge is 0.350 e. The van der Waals surface area contributed by atoms with Gasteiger partial charge in [0.15, 0.2) is 0 Å². The molecule has 0 radical (unpaired) electrons. The van der Waals surface area contributed by atoms with Gasteiger partial charge in [-0.2, -0.15) is 0 Å². The number of rotatable bonds is 4. The van der Waals surface area contributed by atoms with E-state index in [0.29, 0.717) is 25.3 Å². The van der Waals surface area contributed by atoms with E-state index in [1.807, 2.05) is 6.07 Å². The predicted molar refractivity (Wildman–Crippen MR) is 109 cm³/mol. The molecule has 1 aromatic rings. The lowest BCUT2D eigenvalue weighted by Gasteiger charge is -2.43. The zero-order chi connectivity index (χ0) is 20.8. The first-order valence-corrected chi connectivity index (χ1v) is 10.4. The average molecular weight is 399 g/mol. The maximum Gasteiger partial charge on any atom is 0.325 e.